The minimum absolute atomic E-state index is 0.0114. The molecule has 20 heavy (non-hydrogen) atoms. The van der Waals surface area contributed by atoms with Gasteiger partial charge in [0.2, 0.25) is 5.82 Å². The Morgan fingerprint density at radius 3 is 2.80 bits per heavy atom. The summed E-state index contributed by atoms with van der Waals surface area (Å²) in [5, 5.41) is 13.6. The lowest BCUT2D eigenvalue weighted by Gasteiger charge is -2.03. The second-order valence-corrected chi connectivity index (χ2v) is 3.99. The third kappa shape index (κ3) is 2.07. The number of para-hydroxylation sites is 1. The maximum absolute atomic E-state index is 9.73. The van der Waals surface area contributed by atoms with Crippen LogP contribution < -0.4 is 4.74 Å². The van der Waals surface area contributed by atoms with Crippen LogP contribution in [-0.4, -0.2) is 27.3 Å². The number of hydrogen-bond acceptors (Lipinski definition) is 6. The van der Waals surface area contributed by atoms with Gasteiger partial charge in [0.1, 0.15) is 11.5 Å². The molecule has 0 unspecified atom stereocenters. The van der Waals surface area contributed by atoms with E-state index in [4.69, 9.17) is 9.26 Å². The summed E-state index contributed by atoms with van der Waals surface area (Å²) in [5.74, 6) is 1.17. The molecule has 0 fully saturated rings. The van der Waals surface area contributed by atoms with Gasteiger partial charge < -0.3 is 14.4 Å². The lowest BCUT2D eigenvalue weighted by atomic mass is 10.2. The summed E-state index contributed by atoms with van der Waals surface area (Å²) in [6.07, 6.45) is 1.54. The molecule has 0 atom stereocenters. The van der Waals surface area contributed by atoms with Crippen molar-refractivity contribution in [2.24, 2.45) is 0 Å². The second kappa shape index (κ2) is 5.00. The van der Waals surface area contributed by atoms with Gasteiger partial charge in [0.25, 0.3) is 5.89 Å². The molecule has 3 aromatic rings. The Morgan fingerprint density at radius 2 is 2.00 bits per heavy atom. The van der Waals surface area contributed by atoms with Gasteiger partial charge >= 0.3 is 0 Å². The van der Waals surface area contributed by atoms with Gasteiger partial charge in [-0.05, 0) is 24.3 Å². The Morgan fingerprint density at radius 1 is 1.15 bits per heavy atom. The highest BCUT2D eigenvalue weighted by molar-refractivity contribution is 5.66. The lowest BCUT2D eigenvalue weighted by Crippen LogP contribution is -1.89. The third-order valence-corrected chi connectivity index (χ3v) is 2.76. The molecule has 1 aromatic carbocycles. The molecule has 0 saturated carbocycles. The summed E-state index contributed by atoms with van der Waals surface area (Å²) in [6.45, 7) is 0. The molecule has 0 radical (unpaired) electrons. The van der Waals surface area contributed by atoms with Crippen molar-refractivity contribution in [2.45, 2.75) is 0 Å². The van der Waals surface area contributed by atoms with Crippen LogP contribution in [0.5, 0.6) is 11.5 Å². The fraction of sp³-hybridized carbons (Fsp3) is 0.0714. The van der Waals surface area contributed by atoms with Gasteiger partial charge in [-0.25, -0.2) is 4.98 Å². The number of methoxy groups -OCH3 is 1. The largest absolute Gasteiger partial charge is 0.505 e. The van der Waals surface area contributed by atoms with Gasteiger partial charge in [0.15, 0.2) is 5.69 Å². The van der Waals surface area contributed by atoms with Crippen LogP contribution in [0.3, 0.4) is 0 Å². The first-order chi connectivity index (χ1) is 9.79. The predicted octanol–water partition coefficient (Wildman–Crippen LogP) is 2.51. The number of aromatic hydroxyl groups is 1. The van der Waals surface area contributed by atoms with Gasteiger partial charge in [-0.2, -0.15) is 4.98 Å². The summed E-state index contributed by atoms with van der Waals surface area (Å²) in [7, 11) is 1.57. The van der Waals surface area contributed by atoms with Crippen molar-refractivity contribution in [2.75, 3.05) is 7.11 Å². The summed E-state index contributed by atoms with van der Waals surface area (Å²) < 4.78 is 10.4. The summed E-state index contributed by atoms with van der Waals surface area (Å²) in [6, 6.07) is 10.5. The van der Waals surface area contributed by atoms with E-state index in [0.717, 1.165) is 0 Å². The fourth-order valence-electron chi connectivity index (χ4n) is 1.82. The van der Waals surface area contributed by atoms with Gasteiger partial charge in [-0.3, -0.25) is 0 Å². The topological polar surface area (TPSA) is 81.3 Å². The SMILES string of the molecule is COc1ccccc1-c1noc(-c2ncccc2O)n1. The van der Waals surface area contributed by atoms with Crippen LogP contribution in [0.2, 0.25) is 0 Å². The molecule has 1 N–H and O–H groups in total. The van der Waals surface area contributed by atoms with Crippen molar-refractivity contribution < 1.29 is 14.4 Å². The first kappa shape index (κ1) is 12.2. The molecule has 0 aliphatic rings. The Kier molecular flexibility index (Phi) is 3.04. The van der Waals surface area contributed by atoms with E-state index in [2.05, 4.69) is 15.1 Å². The molecule has 0 saturated heterocycles. The van der Waals surface area contributed by atoms with E-state index in [1.54, 1.807) is 19.4 Å². The smallest absolute Gasteiger partial charge is 0.280 e. The van der Waals surface area contributed by atoms with Crippen molar-refractivity contribution in [3.8, 4) is 34.5 Å². The highest BCUT2D eigenvalue weighted by atomic mass is 16.5. The average molecular weight is 269 g/mol. The average Bonchev–Trinajstić information content (AvgIpc) is 2.97. The number of aromatic nitrogens is 3. The number of hydrogen-bond donors (Lipinski definition) is 1. The van der Waals surface area contributed by atoms with Crippen molar-refractivity contribution >= 4 is 0 Å². The maximum Gasteiger partial charge on any atom is 0.280 e. The molecule has 6 heteroatoms. The third-order valence-electron chi connectivity index (χ3n) is 2.76. The van der Waals surface area contributed by atoms with Crippen LogP contribution in [0.4, 0.5) is 0 Å². The molecule has 3 rings (SSSR count). The van der Waals surface area contributed by atoms with Gasteiger partial charge in [0, 0.05) is 6.20 Å². The first-order valence-electron chi connectivity index (χ1n) is 5.91. The number of benzene rings is 1. The molecule has 100 valence electrons. The fourth-order valence-corrected chi connectivity index (χ4v) is 1.82. The maximum atomic E-state index is 9.73. The Bertz CT molecular complexity index is 740. The molecular formula is C14H11N3O3. The molecule has 0 amide bonds. The number of rotatable bonds is 3. The van der Waals surface area contributed by atoms with Crippen LogP contribution in [0, 0.1) is 0 Å². The lowest BCUT2D eigenvalue weighted by molar-refractivity contribution is 0.412. The van der Waals surface area contributed by atoms with E-state index in [1.807, 2.05) is 24.3 Å². The zero-order chi connectivity index (χ0) is 13.9. The van der Waals surface area contributed by atoms with Crippen molar-refractivity contribution in [3.05, 3.63) is 42.6 Å². The van der Waals surface area contributed by atoms with E-state index < -0.39 is 0 Å². The van der Waals surface area contributed by atoms with Crippen molar-refractivity contribution in [1.29, 1.82) is 0 Å². The van der Waals surface area contributed by atoms with E-state index in [9.17, 15) is 5.11 Å². The number of ether oxygens (including phenoxy) is 1. The highest BCUT2D eigenvalue weighted by Gasteiger charge is 2.16. The Hall–Kier alpha value is -2.89. The first-order valence-corrected chi connectivity index (χ1v) is 5.91. The highest BCUT2D eigenvalue weighted by Crippen LogP contribution is 2.30. The van der Waals surface area contributed by atoms with Crippen LogP contribution in [0.15, 0.2) is 47.1 Å². The normalized spacial score (nSPS) is 10.4. The molecule has 0 spiro atoms. The summed E-state index contributed by atoms with van der Waals surface area (Å²) in [5.41, 5.74) is 0.960. The molecule has 0 aliphatic carbocycles. The van der Waals surface area contributed by atoms with E-state index in [0.29, 0.717) is 17.1 Å². The van der Waals surface area contributed by atoms with E-state index >= 15 is 0 Å². The molecule has 2 heterocycles. The molecule has 0 aliphatic heterocycles. The Balaban J connectivity index is 2.05. The predicted molar refractivity (Wildman–Crippen MR) is 71.2 cm³/mol. The number of nitrogens with zero attached hydrogens (tertiary/aromatic N) is 3. The van der Waals surface area contributed by atoms with Crippen molar-refractivity contribution in [3.63, 3.8) is 0 Å². The zero-order valence-corrected chi connectivity index (χ0v) is 10.6. The van der Waals surface area contributed by atoms with E-state index in [-0.39, 0.29) is 17.3 Å². The standard InChI is InChI=1S/C14H11N3O3/c1-19-11-7-3-2-5-9(11)13-16-14(20-17-13)12-10(18)6-4-8-15-12/h2-8,18H,1H3. The monoisotopic (exact) mass is 269 g/mol. The minimum atomic E-state index is -0.0114. The summed E-state index contributed by atoms with van der Waals surface area (Å²) >= 11 is 0. The second-order valence-electron chi connectivity index (χ2n) is 3.99. The van der Waals surface area contributed by atoms with Gasteiger partial charge in [0.05, 0.1) is 12.7 Å². The molecule has 6 nitrogen and oxygen atoms in total. The minimum Gasteiger partial charge on any atom is -0.505 e. The van der Waals surface area contributed by atoms with Gasteiger partial charge in [-0.15, -0.1) is 0 Å². The zero-order valence-electron chi connectivity index (χ0n) is 10.6. The van der Waals surface area contributed by atoms with Crippen LogP contribution >= 0.6 is 0 Å². The number of pyridine rings is 1. The Labute approximate surface area is 114 Å². The van der Waals surface area contributed by atoms with Gasteiger partial charge in [-0.1, -0.05) is 17.3 Å². The van der Waals surface area contributed by atoms with Crippen LogP contribution in [0.25, 0.3) is 23.0 Å². The summed E-state index contributed by atoms with van der Waals surface area (Å²) in [4.78, 5) is 8.26. The molecule has 0 bridgehead atoms. The van der Waals surface area contributed by atoms with Crippen molar-refractivity contribution in [1.82, 2.24) is 15.1 Å². The molecule has 2 aromatic heterocycles. The van der Waals surface area contributed by atoms with Crippen LogP contribution in [0.1, 0.15) is 0 Å². The molecular weight excluding hydrogens is 258 g/mol. The van der Waals surface area contributed by atoms with E-state index in [1.165, 1.54) is 6.07 Å². The van der Waals surface area contributed by atoms with Crippen LogP contribution in [-0.2, 0) is 0 Å². The quantitative estimate of drug-likeness (QED) is 0.786.